The van der Waals surface area contributed by atoms with Crippen LogP contribution < -0.4 is 0 Å². The van der Waals surface area contributed by atoms with Gasteiger partial charge in [0.1, 0.15) is 0 Å². The maximum absolute atomic E-state index is 13.4. The molecule has 47 heavy (non-hydrogen) atoms. The van der Waals surface area contributed by atoms with Crippen molar-refractivity contribution in [2.75, 3.05) is 60.4 Å². The number of hydrogen-bond acceptors (Lipinski definition) is 4. The van der Waals surface area contributed by atoms with Crippen molar-refractivity contribution < 1.29 is 14.4 Å². The zero-order chi connectivity index (χ0) is 34.5. The summed E-state index contributed by atoms with van der Waals surface area (Å²) in [5, 5.41) is 0. The third-order valence-corrected chi connectivity index (χ3v) is 8.51. The molecule has 0 spiro atoms. The standard InChI is InChI=1S/C40H56N4O3/c1-9-32-13-10-16-35(27-32)38(45)41(6)19-22-44(23-20-42(7)39(46)36-17-11-14-33(28-36)25-30(2)3)24-21-43(8)40(47)37-18-12-15-34(29-37)26-31(4)5/h10-18,27-31H,9,19-26H2,1-8H3. The van der Waals surface area contributed by atoms with Gasteiger partial charge in [-0.25, -0.2) is 0 Å². The lowest BCUT2D eigenvalue weighted by molar-refractivity contribution is 0.0736. The lowest BCUT2D eigenvalue weighted by atomic mass is 10.0. The van der Waals surface area contributed by atoms with Crippen LogP contribution in [-0.4, -0.2) is 97.7 Å². The molecule has 0 aliphatic carbocycles. The first-order valence-corrected chi connectivity index (χ1v) is 17.1. The van der Waals surface area contributed by atoms with E-state index in [1.165, 1.54) is 11.1 Å². The zero-order valence-corrected chi connectivity index (χ0v) is 30.0. The fraction of sp³-hybridized carbons (Fsp3) is 0.475. The van der Waals surface area contributed by atoms with Crippen LogP contribution in [0.4, 0.5) is 0 Å². The molecule has 0 aromatic heterocycles. The third kappa shape index (κ3) is 12.0. The molecule has 0 fully saturated rings. The molecule has 0 heterocycles. The normalized spacial score (nSPS) is 11.3. The number of hydrogen-bond donors (Lipinski definition) is 0. The second kappa shape index (κ2) is 18.4. The van der Waals surface area contributed by atoms with E-state index in [4.69, 9.17) is 0 Å². The highest BCUT2D eigenvalue weighted by Gasteiger charge is 2.19. The summed E-state index contributed by atoms with van der Waals surface area (Å²) in [4.78, 5) is 47.5. The van der Waals surface area contributed by atoms with Crippen molar-refractivity contribution in [2.24, 2.45) is 11.8 Å². The number of carbonyl (C=O) groups is 3. The van der Waals surface area contributed by atoms with Gasteiger partial charge in [-0.05, 0) is 84.2 Å². The van der Waals surface area contributed by atoms with Crippen molar-refractivity contribution in [3.63, 3.8) is 0 Å². The van der Waals surface area contributed by atoms with E-state index in [-0.39, 0.29) is 17.7 Å². The molecule has 3 amide bonds. The summed E-state index contributed by atoms with van der Waals surface area (Å²) in [6.45, 7) is 14.2. The van der Waals surface area contributed by atoms with Crippen LogP contribution in [0.3, 0.4) is 0 Å². The van der Waals surface area contributed by atoms with E-state index in [1.54, 1.807) is 14.7 Å². The first-order valence-electron chi connectivity index (χ1n) is 17.1. The minimum atomic E-state index is -0.0117. The van der Waals surface area contributed by atoms with Crippen LogP contribution in [0.2, 0.25) is 0 Å². The molecule has 7 heteroatoms. The molecule has 0 bridgehead atoms. The molecule has 0 aliphatic heterocycles. The summed E-state index contributed by atoms with van der Waals surface area (Å²) in [6.07, 6.45) is 2.74. The Balaban J connectivity index is 1.68. The number of nitrogens with zero attached hydrogens (tertiary/aromatic N) is 4. The van der Waals surface area contributed by atoms with Crippen molar-refractivity contribution in [1.29, 1.82) is 0 Å². The quantitative estimate of drug-likeness (QED) is 0.168. The Morgan fingerprint density at radius 1 is 0.511 bits per heavy atom. The number of likely N-dealkylation sites (N-methyl/N-ethyl adjacent to an activating group) is 3. The Morgan fingerprint density at radius 3 is 1.15 bits per heavy atom. The van der Waals surface area contributed by atoms with Gasteiger partial charge in [0.25, 0.3) is 17.7 Å². The van der Waals surface area contributed by atoms with E-state index < -0.39 is 0 Å². The summed E-state index contributed by atoms with van der Waals surface area (Å²) in [5.74, 6) is 1.00. The van der Waals surface area contributed by atoms with Gasteiger partial charge in [-0.2, -0.15) is 0 Å². The van der Waals surface area contributed by atoms with Crippen LogP contribution >= 0.6 is 0 Å². The Kier molecular flexibility index (Phi) is 14.7. The molecule has 0 radical (unpaired) electrons. The van der Waals surface area contributed by atoms with E-state index in [1.807, 2.05) is 81.8 Å². The molecule has 0 saturated heterocycles. The van der Waals surface area contributed by atoms with E-state index >= 15 is 0 Å². The van der Waals surface area contributed by atoms with Gasteiger partial charge in [0.2, 0.25) is 0 Å². The fourth-order valence-electron chi connectivity index (χ4n) is 5.71. The van der Waals surface area contributed by atoms with E-state index in [9.17, 15) is 14.4 Å². The van der Waals surface area contributed by atoms with Crippen LogP contribution in [0, 0.1) is 11.8 Å². The fourth-order valence-corrected chi connectivity index (χ4v) is 5.71. The summed E-state index contributed by atoms with van der Waals surface area (Å²) >= 11 is 0. The average molecular weight is 641 g/mol. The molecule has 3 aromatic rings. The number of aryl methyl sites for hydroxylation is 1. The maximum atomic E-state index is 13.4. The van der Waals surface area contributed by atoms with Gasteiger partial charge in [-0.3, -0.25) is 19.3 Å². The van der Waals surface area contributed by atoms with E-state index in [0.717, 1.165) is 24.8 Å². The van der Waals surface area contributed by atoms with Crippen LogP contribution in [0.5, 0.6) is 0 Å². The largest absolute Gasteiger partial charge is 0.340 e. The van der Waals surface area contributed by atoms with Crippen molar-refractivity contribution in [2.45, 2.75) is 53.9 Å². The van der Waals surface area contributed by atoms with Crippen LogP contribution in [0.25, 0.3) is 0 Å². The zero-order valence-electron chi connectivity index (χ0n) is 30.0. The van der Waals surface area contributed by atoms with Crippen LogP contribution in [0.1, 0.15) is 82.4 Å². The second-order valence-electron chi connectivity index (χ2n) is 13.7. The smallest absolute Gasteiger partial charge is 0.253 e. The Labute approximate surface area is 283 Å². The SMILES string of the molecule is CCc1cccc(C(=O)N(C)CCN(CCN(C)C(=O)c2cccc(CC(C)C)c2)CCN(C)C(=O)c2cccc(CC(C)C)c2)c1. The van der Waals surface area contributed by atoms with Gasteiger partial charge >= 0.3 is 0 Å². The van der Waals surface area contributed by atoms with Crippen LogP contribution in [0.15, 0.2) is 72.8 Å². The van der Waals surface area contributed by atoms with Gasteiger partial charge in [0, 0.05) is 77.1 Å². The Bertz CT molecular complexity index is 1390. The summed E-state index contributed by atoms with van der Waals surface area (Å²) in [5.41, 5.74) is 5.55. The maximum Gasteiger partial charge on any atom is 0.253 e. The lowest BCUT2D eigenvalue weighted by Crippen LogP contribution is -2.44. The second-order valence-corrected chi connectivity index (χ2v) is 13.7. The first kappa shape index (κ1) is 37.5. The predicted octanol–water partition coefficient (Wildman–Crippen LogP) is 6.56. The molecule has 0 atom stereocenters. The molecule has 3 rings (SSSR count). The lowest BCUT2D eigenvalue weighted by Gasteiger charge is -2.29. The summed E-state index contributed by atoms with van der Waals surface area (Å²) < 4.78 is 0. The molecule has 0 saturated carbocycles. The molecular formula is C40H56N4O3. The van der Waals surface area contributed by atoms with Crippen molar-refractivity contribution in [3.05, 3.63) is 106 Å². The minimum Gasteiger partial charge on any atom is -0.340 e. The van der Waals surface area contributed by atoms with Gasteiger partial charge in [0.15, 0.2) is 0 Å². The van der Waals surface area contributed by atoms with Gasteiger partial charge in [-0.15, -0.1) is 0 Å². The van der Waals surface area contributed by atoms with Crippen LogP contribution in [-0.2, 0) is 19.3 Å². The number of rotatable bonds is 17. The molecule has 0 N–H and O–H groups in total. The topological polar surface area (TPSA) is 64.2 Å². The average Bonchev–Trinajstić information content (AvgIpc) is 3.06. The molecule has 254 valence electrons. The number of amides is 3. The highest BCUT2D eigenvalue weighted by molar-refractivity contribution is 5.95. The molecule has 3 aromatic carbocycles. The molecular weight excluding hydrogens is 584 g/mol. The Hall–Kier alpha value is -3.97. The highest BCUT2D eigenvalue weighted by Crippen LogP contribution is 2.14. The van der Waals surface area contributed by atoms with Crippen molar-refractivity contribution >= 4 is 17.7 Å². The monoisotopic (exact) mass is 640 g/mol. The minimum absolute atomic E-state index is 0.00719. The van der Waals surface area contributed by atoms with Gasteiger partial charge in [0.05, 0.1) is 0 Å². The Morgan fingerprint density at radius 2 is 0.830 bits per heavy atom. The first-order chi connectivity index (χ1) is 22.4. The number of carbonyl (C=O) groups excluding carboxylic acids is 3. The third-order valence-electron chi connectivity index (χ3n) is 8.51. The predicted molar refractivity (Wildman–Crippen MR) is 193 cm³/mol. The van der Waals surface area contributed by atoms with Gasteiger partial charge < -0.3 is 14.7 Å². The van der Waals surface area contributed by atoms with E-state index in [0.29, 0.717) is 67.8 Å². The summed E-state index contributed by atoms with van der Waals surface area (Å²) in [7, 11) is 5.51. The molecule has 0 aliphatic rings. The number of benzene rings is 3. The van der Waals surface area contributed by atoms with E-state index in [2.05, 4.69) is 51.7 Å². The molecule has 7 nitrogen and oxygen atoms in total. The van der Waals surface area contributed by atoms with Crippen molar-refractivity contribution in [3.8, 4) is 0 Å². The van der Waals surface area contributed by atoms with Crippen molar-refractivity contribution in [1.82, 2.24) is 19.6 Å². The van der Waals surface area contributed by atoms with Gasteiger partial charge in [-0.1, -0.05) is 71.0 Å². The molecule has 0 unspecified atom stereocenters. The highest BCUT2D eigenvalue weighted by atomic mass is 16.2. The summed E-state index contributed by atoms with van der Waals surface area (Å²) in [6, 6.07) is 23.6.